The van der Waals surface area contributed by atoms with Crippen molar-refractivity contribution in [1.82, 2.24) is 0 Å². The molecule has 1 aliphatic heterocycles. The predicted molar refractivity (Wildman–Crippen MR) is 96.5 cm³/mol. The molecule has 146 valence electrons. The number of amides is 1. The molecule has 0 aromatic carbocycles. The SMILES string of the molecule is COC(=O)c1c(NC(=O)COC(=O)C2=COCCO2)sc2c1CCCCC2. The van der Waals surface area contributed by atoms with Gasteiger partial charge in [-0.05, 0) is 31.2 Å². The first-order valence-electron chi connectivity index (χ1n) is 8.74. The van der Waals surface area contributed by atoms with E-state index in [1.54, 1.807) is 0 Å². The fraction of sp³-hybridized carbons (Fsp3) is 0.500. The smallest absolute Gasteiger partial charge is 0.377 e. The Kier molecular flexibility index (Phi) is 6.33. The Morgan fingerprint density at radius 3 is 2.70 bits per heavy atom. The highest BCUT2D eigenvalue weighted by Gasteiger charge is 2.26. The van der Waals surface area contributed by atoms with Crippen molar-refractivity contribution >= 4 is 34.2 Å². The number of hydrogen-bond donors (Lipinski definition) is 1. The van der Waals surface area contributed by atoms with Gasteiger partial charge in [0.25, 0.3) is 5.91 Å². The van der Waals surface area contributed by atoms with Gasteiger partial charge < -0.3 is 24.3 Å². The Bertz CT molecular complexity index is 768. The lowest BCUT2D eigenvalue weighted by Gasteiger charge is -2.14. The minimum atomic E-state index is -0.778. The first kappa shape index (κ1) is 19.2. The summed E-state index contributed by atoms with van der Waals surface area (Å²) < 4.78 is 19.9. The topological polar surface area (TPSA) is 100 Å². The van der Waals surface area contributed by atoms with E-state index in [4.69, 9.17) is 18.9 Å². The maximum atomic E-state index is 12.2. The van der Waals surface area contributed by atoms with Crippen LogP contribution < -0.4 is 5.32 Å². The number of rotatable bonds is 5. The van der Waals surface area contributed by atoms with Gasteiger partial charge in [0, 0.05) is 4.88 Å². The van der Waals surface area contributed by atoms with Gasteiger partial charge in [0.1, 0.15) is 24.5 Å². The minimum absolute atomic E-state index is 0.0767. The molecule has 2 aliphatic rings. The highest BCUT2D eigenvalue weighted by molar-refractivity contribution is 7.17. The monoisotopic (exact) mass is 395 g/mol. The molecule has 0 radical (unpaired) electrons. The van der Waals surface area contributed by atoms with Crippen LogP contribution in [-0.2, 0) is 41.4 Å². The Morgan fingerprint density at radius 2 is 1.96 bits per heavy atom. The van der Waals surface area contributed by atoms with Crippen molar-refractivity contribution in [3.63, 3.8) is 0 Å². The second-order valence-electron chi connectivity index (χ2n) is 6.09. The normalized spacial score (nSPS) is 16.0. The molecule has 27 heavy (non-hydrogen) atoms. The number of ether oxygens (including phenoxy) is 4. The van der Waals surface area contributed by atoms with Crippen LogP contribution in [-0.4, -0.2) is 44.8 Å². The van der Waals surface area contributed by atoms with Crippen LogP contribution in [0.2, 0.25) is 0 Å². The second-order valence-corrected chi connectivity index (χ2v) is 7.19. The molecule has 1 aromatic heterocycles. The molecule has 1 amide bonds. The van der Waals surface area contributed by atoms with Crippen LogP contribution in [0.25, 0.3) is 0 Å². The zero-order valence-corrected chi connectivity index (χ0v) is 15.8. The molecule has 1 N–H and O–H groups in total. The highest BCUT2D eigenvalue weighted by Crippen LogP contribution is 2.37. The molecule has 8 nitrogen and oxygen atoms in total. The number of aryl methyl sites for hydroxylation is 1. The number of fused-ring (bicyclic) bond motifs is 1. The molecule has 0 unspecified atom stereocenters. The first-order valence-corrected chi connectivity index (χ1v) is 9.56. The van der Waals surface area contributed by atoms with Crippen molar-refractivity contribution in [1.29, 1.82) is 0 Å². The Morgan fingerprint density at radius 1 is 1.15 bits per heavy atom. The minimum Gasteiger partial charge on any atom is -0.493 e. The van der Waals surface area contributed by atoms with Gasteiger partial charge in [0.15, 0.2) is 6.61 Å². The summed E-state index contributed by atoms with van der Waals surface area (Å²) >= 11 is 1.38. The fourth-order valence-electron chi connectivity index (χ4n) is 2.99. The predicted octanol–water partition coefficient (Wildman–Crippen LogP) is 2.17. The van der Waals surface area contributed by atoms with Crippen molar-refractivity contribution in [2.45, 2.75) is 32.1 Å². The zero-order valence-electron chi connectivity index (χ0n) is 15.0. The third-order valence-corrected chi connectivity index (χ3v) is 5.46. The van der Waals surface area contributed by atoms with E-state index in [-0.39, 0.29) is 12.4 Å². The maximum absolute atomic E-state index is 12.2. The number of anilines is 1. The first-order chi connectivity index (χ1) is 13.1. The van der Waals surface area contributed by atoms with Gasteiger partial charge in [-0.15, -0.1) is 11.3 Å². The van der Waals surface area contributed by atoms with E-state index in [1.807, 2.05) is 0 Å². The zero-order chi connectivity index (χ0) is 19.2. The summed E-state index contributed by atoms with van der Waals surface area (Å²) in [6, 6.07) is 0. The quantitative estimate of drug-likeness (QED) is 0.602. The number of esters is 2. The molecule has 0 saturated heterocycles. The largest absolute Gasteiger partial charge is 0.493 e. The highest BCUT2D eigenvalue weighted by atomic mass is 32.1. The number of methoxy groups -OCH3 is 1. The van der Waals surface area contributed by atoms with Gasteiger partial charge in [-0.3, -0.25) is 4.79 Å². The van der Waals surface area contributed by atoms with Crippen LogP contribution >= 0.6 is 11.3 Å². The number of carbonyl (C=O) groups excluding carboxylic acids is 3. The van der Waals surface area contributed by atoms with Gasteiger partial charge in [-0.2, -0.15) is 0 Å². The Labute approximate surface area is 160 Å². The fourth-order valence-corrected chi connectivity index (χ4v) is 4.28. The molecule has 0 fully saturated rings. The molecule has 0 atom stereocenters. The van der Waals surface area contributed by atoms with E-state index in [2.05, 4.69) is 5.32 Å². The number of nitrogens with one attached hydrogen (secondary N) is 1. The van der Waals surface area contributed by atoms with Crippen LogP contribution in [0.15, 0.2) is 12.0 Å². The van der Waals surface area contributed by atoms with Gasteiger partial charge in [-0.1, -0.05) is 6.42 Å². The average molecular weight is 395 g/mol. The standard InChI is InChI=1S/C18H21NO7S/c1-23-18(22)15-11-5-3-2-4-6-13(11)27-16(15)19-14(20)10-26-17(21)12-9-24-7-8-25-12/h9H,2-8,10H2,1H3,(H,19,20). The second kappa shape index (κ2) is 8.90. The molecule has 3 rings (SSSR count). The molecular weight excluding hydrogens is 374 g/mol. The van der Waals surface area contributed by atoms with Crippen LogP contribution in [0.4, 0.5) is 5.00 Å². The van der Waals surface area contributed by atoms with E-state index in [9.17, 15) is 14.4 Å². The van der Waals surface area contributed by atoms with Crippen molar-refractivity contribution in [2.75, 3.05) is 32.2 Å². The van der Waals surface area contributed by atoms with Gasteiger partial charge in [0.2, 0.25) is 5.76 Å². The van der Waals surface area contributed by atoms with E-state index < -0.39 is 24.5 Å². The third kappa shape index (κ3) is 4.60. The summed E-state index contributed by atoms with van der Waals surface area (Å²) in [6.45, 7) is 0.107. The lowest BCUT2D eigenvalue weighted by atomic mass is 10.1. The number of hydrogen-bond acceptors (Lipinski definition) is 8. The molecule has 1 aliphatic carbocycles. The molecule has 0 saturated carbocycles. The van der Waals surface area contributed by atoms with E-state index in [1.165, 1.54) is 18.4 Å². The summed E-state index contributed by atoms with van der Waals surface area (Å²) in [6.07, 6.45) is 5.98. The average Bonchev–Trinajstić information content (AvgIpc) is 2.86. The van der Waals surface area contributed by atoms with Crippen LogP contribution in [0.5, 0.6) is 0 Å². The van der Waals surface area contributed by atoms with Gasteiger partial charge >= 0.3 is 11.9 Å². The van der Waals surface area contributed by atoms with Crippen LogP contribution in [0.1, 0.15) is 40.1 Å². The Balaban J connectivity index is 1.67. The molecule has 2 heterocycles. The molecule has 9 heteroatoms. The van der Waals surface area contributed by atoms with E-state index in [0.29, 0.717) is 17.2 Å². The Hall–Kier alpha value is -2.55. The van der Waals surface area contributed by atoms with E-state index in [0.717, 1.165) is 48.8 Å². The lowest BCUT2D eigenvalue weighted by molar-refractivity contribution is -0.148. The number of thiophene rings is 1. The van der Waals surface area contributed by atoms with Crippen LogP contribution in [0, 0.1) is 0 Å². The third-order valence-electron chi connectivity index (χ3n) is 4.25. The van der Waals surface area contributed by atoms with Crippen molar-refractivity contribution in [3.05, 3.63) is 28.0 Å². The number of carbonyl (C=O) groups is 3. The molecule has 1 aromatic rings. The molecular formula is C18H21NO7S. The van der Waals surface area contributed by atoms with Gasteiger partial charge in [-0.25, -0.2) is 9.59 Å². The van der Waals surface area contributed by atoms with Crippen LogP contribution in [0.3, 0.4) is 0 Å². The summed E-state index contributed by atoms with van der Waals surface area (Å²) in [5, 5.41) is 3.11. The van der Waals surface area contributed by atoms with Crippen molar-refractivity contribution in [2.24, 2.45) is 0 Å². The van der Waals surface area contributed by atoms with Crippen molar-refractivity contribution in [3.8, 4) is 0 Å². The van der Waals surface area contributed by atoms with Crippen molar-refractivity contribution < 1.29 is 33.3 Å². The molecule has 0 spiro atoms. The summed E-state index contributed by atoms with van der Waals surface area (Å²) in [5.41, 5.74) is 1.36. The summed E-state index contributed by atoms with van der Waals surface area (Å²) in [7, 11) is 1.32. The maximum Gasteiger partial charge on any atom is 0.377 e. The lowest BCUT2D eigenvalue weighted by Crippen LogP contribution is -2.24. The summed E-state index contributed by atoms with van der Waals surface area (Å²) in [4.78, 5) is 37.4. The summed E-state index contributed by atoms with van der Waals surface area (Å²) in [5.74, 6) is -1.87. The van der Waals surface area contributed by atoms with Gasteiger partial charge in [0.05, 0.1) is 12.7 Å². The van der Waals surface area contributed by atoms with E-state index >= 15 is 0 Å². The molecule has 0 bridgehead atoms.